The van der Waals surface area contributed by atoms with Crippen LogP contribution in [0, 0.1) is 0 Å². The smallest absolute Gasteiger partial charge is 0.297 e. The molecule has 3 atom stereocenters. The largest absolute Gasteiger partial charge is 0.431 e. The predicted octanol–water partition coefficient (Wildman–Crippen LogP) is -1.28. The van der Waals surface area contributed by atoms with E-state index in [2.05, 4.69) is 15.6 Å². The van der Waals surface area contributed by atoms with Crippen molar-refractivity contribution in [1.82, 2.24) is 15.6 Å². The van der Waals surface area contributed by atoms with Crippen LogP contribution in [0.1, 0.15) is 24.3 Å². The second kappa shape index (κ2) is 7.76. The first-order chi connectivity index (χ1) is 10.2. The Kier molecular flexibility index (Phi) is 6.32. The maximum absolute atomic E-state index is 11.8. The van der Waals surface area contributed by atoms with Gasteiger partial charge in [0, 0.05) is 27.6 Å². The molecule has 0 aliphatic carbocycles. The molecule has 2 amide bonds. The molecule has 0 aliphatic rings. The summed E-state index contributed by atoms with van der Waals surface area (Å²) < 4.78 is 5.08. The van der Waals surface area contributed by atoms with Crippen molar-refractivity contribution in [2.24, 2.45) is 0 Å². The van der Waals surface area contributed by atoms with Gasteiger partial charge in [-0.3, -0.25) is 9.59 Å². The van der Waals surface area contributed by atoms with Gasteiger partial charge in [-0.25, -0.2) is 0 Å². The molecule has 1 rings (SSSR count). The van der Waals surface area contributed by atoms with E-state index in [0.29, 0.717) is 0 Å². The summed E-state index contributed by atoms with van der Waals surface area (Å²) in [7, 11) is 3.44. The quantitative estimate of drug-likeness (QED) is 0.493. The Morgan fingerprint density at radius 2 is 2.05 bits per heavy atom. The van der Waals surface area contributed by atoms with E-state index in [1.165, 1.54) is 13.2 Å². The van der Waals surface area contributed by atoms with E-state index in [1.807, 2.05) is 0 Å². The molecule has 4 N–H and O–H groups in total. The summed E-state index contributed by atoms with van der Waals surface area (Å²) in [5, 5.41) is 24.6. The van der Waals surface area contributed by atoms with Crippen LogP contribution < -0.4 is 15.5 Å². The topological polar surface area (TPSA) is 128 Å². The average Bonchev–Trinajstić information content (AvgIpc) is 2.92. The summed E-state index contributed by atoms with van der Waals surface area (Å²) in [6.07, 6.45) is -1.24. The number of aliphatic hydroxyl groups excluding tert-OH is 2. The number of anilines is 1. The number of oxazole rings is 1. The first-order valence-electron chi connectivity index (χ1n) is 6.76. The van der Waals surface area contributed by atoms with E-state index >= 15 is 0 Å². The third-order valence-electron chi connectivity index (χ3n) is 2.92. The molecule has 124 valence electrons. The standard InChI is InChI=1S/C13H22N4O5/c1-7(15-8(2)18)11(20)10(19)5-14-12(21)9-6-22-13(16-9)17(3)4/h6-7,10-11,19-20H,5H2,1-4H3,(H,14,21)(H,15,18). The van der Waals surface area contributed by atoms with Crippen molar-refractivity contribution in [3.8, 4) is 0 Å². The molecule has 0 fully saturated rings. The lowest BCUT2D eigenvalue weighted by molar-refractivity contribution is -0.121. The lowest BCUT2D eigenvalue weighted by atomic mass is 10.1. The van der Waals surface area contributed by atoms with Crippen LogP contribution in [0.4, 0.5) is 6.01 Å². The van der Waals surface area contributed by atoms with Crippen LogP contribution >= 0.6 is 0 Å². The average molecular weight is 314 g/mol. The van der Waals surface area contributed by atoms with Gasteiger partial charge < -0.3 is 30.2 Å². The number of nitrogens with zero attached hydrogens (tertiary/aromatic N) is 2. The first kappa shape index (κ1) is 17.9. The van der Waals surface area contributed by atoms with Crippen molar-refractivity contribution < 1.29 is 24.2 Å². The maximum atomic E-state index is 11.8. The van der Waals surface area contributed by atoms with Gasteiger partial charge in [0.2, 0.25) is 5.91 Å². The molecule has 0 spiro atoms. The fraction of sp³-hybridized carbons (Fsp3) is 0.615. The van der Waals surface area contributed by atoms with E-state index in [0.717, 1.165) is 0 Å². The highest BCUT2D eigenvalue weighted by Crippen LogP contribution is 2.10. The summed E-state index contributed by atoms with van der Waals surface area (Å²) in [6.45, 7) is 2.68. The first-order valence-corrected chi connectivity index (χ1v) is 6.76. The zero-order chi connectivity index (χ0) is 16.9. The Morgan fingerprint density at radius 1 is 1.41 bits per heavy atom. The van der Waals surface area contributed by atoms with Gasteiger partial charge in [-0.2, -0.15) is 4.98 Å². The van der Waals surface area contributed by atoms with Gasteiger partial charge in [-0.1, -0.05) is 0 Å². The number of aromatic nitrogens is 1. The molecule has 0 bridgehead atoms. The summed E-state index contributed by atoms with van der Waals surface area (Å²) in [5.41, 5.74) is 0.0697. The zero-order valence-electron chi connectivity index (χ0n) is 13.0. The van der Waals surface area contributed by atoms with Crippen LogP contribution in [-0.4, -0.2) is 65.9 Å². The summed E-state index contributed by atoms with van der Waals surface area (Å²) >= 11 is 0. The van der Waals surface area contributed by atoms with Crippen molar-refractivity contribution >= 4 is 17.8 Å². The molecule has 0 radical (unpaired) electrons. The molecule has 22 heavy (non-hydrogen) atoms. The molecule has 1 aromatic heterocycles. The van der Waals surface area contributed by atoms with Gasteiger partial charge in [0.05, 0.1) is 12.1 Å². The molecule has 9 heteroatoms. The van der Waals surface area contributed by atoms with Crippen LogP contribution in [0.2, 0.25) is 0 Å². The molecular weight excluding hydrogens is 292 g/mol. The highest BCUT2D eigenvalue weighted by molar-refractivity contribution is 5.92. The number of amides is 2. The Labute approximate surface area is 128 Å². The molecule has 1 aromatic rings. The predicted molar refractivity (Wildman–Crippen MR) is 78.5 cm³/mol. The molecule has 9 nitrogen and oxygen atoms in total. The van der Waals surface area contributed by atoms with Crippen molar-refractivity contribution in [1.29, 1.82) is 0 Å². The van der Waals surface area contributed by atoms with E-state index in [-0.39, 0.29) is 24.2 Å². The van der Waals surface area contributed by atoms with Crippen molar-refractivity contribution in [2.75, 3.05) is 25.5 Å². The van der Waals surface area contributed by atoms with Crippen molar-refractivity contribution in [2.45, 2.75) is 32.1 Å². The highest BCUT2D eigenvalue weighted by atomic mass is 16.4. The third-order valence-corrected chi connectivity index (χ3v) is 2.92. The number of hydrogen-bond donors (Lipinski definition) is 4. The summed E-state index contributed by atoms with van der Waals surface area (Å²) in [5.74, 6) is -0.850. The highest BCUT2D eigenvalue weighted by Gasteiger charge is 2.24. The van der Waals surface area contributed by atoms with Gasteiger partial charge in [-0.05, 0) is 6.92 Å². The van der Waals surface area contributed by atoms with Gasteiger partial charge in [0.15, 0.2) is 5.69 Å². The molecular formula is C13H22N4O5. The number of aliphatic hydroxyl groups is 2. The number of rotatable bonds is 7. The van der Waals surface area contributed by atoms with Gasteiger partial charge in [0.25, 0.3) is 11.9 Å². The van der Waals surface area contributed by atoms with Crippen molar-refractivity contribution in [3.63, 3.8) is 0 Å². The Bertz CT molecular complexity index is 516. The Morgan fingerprint density at radius 3 is 2.55 bits per heavy atom. The molecule has 1 heterocycles. The Hall–Kier alpha value is -2.13. The fourth-order valence-electron chi connectivity index (χ4n) is 1.72. The summed E-state index contributed by atoms with van der Waals surface area (Å²) in [4.78, 5) is 28.3. The van der Waals surface area contributed by atoms with E-state index < -0.39 is 24.2 Å². The van der Waals surface area contributed by atoms with Crippen LogP contribution in [0.25, 0.3) is 0 Å². The zero-order valence-corrected chi connectivity index (χ0v) is 13.0. The van der Waals surface area contributed by atoms with Gasteiger partial charge in [-0.15, -0.1) is 0 Å². The SMILES string of the molecule is CC(=O)NC(C)C(O)C(O)CNC(=O)c1coc(N(C)C)n1. The molecule has 3 unspecified atom stereocenters. The van der Waals surface area contributed by atoms with Crippen LogP contribution in [0.3, 0.4) is 0 Å². The fourth-order valence-corrected chi connectivity index (χ4v) is 1.72. The van der Waals surface area contributed by atoms with E-state index in [9.17, 15) is 19.8 Å². The normalized spacial score (nSPS) is 14.8. The lowest BCUT2D eigenvalue weighted by Crippen LogP contribution is -2.49. The van der Waals surface area contributed by atoms with E-state index in [4.69, 9.17) is 4.42 Å². The lowest BCUT2D eigenvalue weighted by Gasteiger charge is -2.24. The minimum Gasteiger partial charge on any atom is -0.431 e. The van der Waals surface area contributed by atoms with Crippen LogP contribution in [0.5, 0.6) is 0 Å². The summed E-state index contributed by atoms with van der Waals surface area (Å²) in [6, 6.07) is -0.359. The second-order valence-corrected chi connectivity index (χ2v) is 5.17. The minimum atomic E-state index is -1.23. The third kappa shape index (κ3) is 5.01. The molecule has 0 aromatic carbocycles. The van der Waals surface area contributed by atoms with Gasteiger partial charge in [0.1, 0.15) is 12.4 Å². The number of nitrogens with one attached hydrogen (secondary N) is 2. The van der Waals surface area contributed by atoms with Crippen LogP contribution in [0.15, 0.2) is 10.7 Å². The minimum absolute atomic E-state index is 0.0697. The Balaban J connectivity index is 2.50. The van der Waals surface area contributed by atoms with Gasteiger partial charge >= 0.3 is 0 Å². The number of carbonyl (C=O) groups is 2. The van der Waals surface area contributed by atoms with Crippen molar-refractivity contribution in [3.05, 3.63) is 12.0 Å². The second-order valence-electron chi connectivity index (χ2n) is 5.17. The maximum Gasteiger partial charge on any atom is 0.297 e. The number of hydrogen-bond acceptors (Lipinski definition) is 7. The molecule has 0 saturated carbocycles. The molecule has 0 saturated heterocycles. The number of carbonyl (C=O) groups excluding carboxylic acids is 2. The monoisotopic (exact) mass is 314 g/mol. The van der Waals surface area contributed by atoms with E-state index in [1.54, 1.807) is 25.9 Å². The van der Waals surface area contributed by atoms with Crippen LogP contribution in [-0.2, 0) is 4.79 Å². The molecule has 0 aliphatic heterocycles.